The number of aryl methyl sites for hydroxylation is 1. The fourth-order valence-corrected chi connectivity index (χ4v) is 2.42. The minimum Gasteiger partial charge on any atom is -0.384 e. The van der Waals surface area contributed by atoms with Crippen LogP contribution in [0.2, 0.25) is 0 Å². The summed E-state index contributed by atoms with van der Waals surface area (Å²) in [4.78, 5) is 12.0. The van der Waals surface area contributed by atoms with E-state index in [1.54, 1.807) is 0 Å². The van der Waals surface area contributed by atoms with Crippen LogP contribution in [-0.4, -0.2) is 23.8 Å². The molecule has 0 bridgehead atoms. The molecule has 1 fully saturated rings. The van der Waals surface area contributed by atoms with Gasteiger partial charge < -0.3 is 15.7 Å². The summed E-state index contributed by atoms with van der Waals surface area (Å²) in [6.45, 7) is 1.77. The molecule has 0 heterocycles. The zero-order valence-electron chi connectivity index (χ0n) is 11.7. The van der Waals surface area contributed by atoms with Gasteiger partial charge in [-0.3, -0.25) is 0 Å². The topological polar surface area (TPSA) is 61.4 Å². The van der Waals surface area contributed by atoms with Crippen molar-refractivity contribution in [2.75, 3.05) is 11.9 Å². The fourth-order valence-electron chi connectivity index (χ4n) is 2.42. The molecule has 0 spiro atoms. The first-order valence-corrected chi connectivity index (χ1v) is 6.97. The lowest BCUT2D eigenvalue weighted by molar-refractivity contribution is 0.248. The predicted octanol–water partition coefficient (Wildman–Crippen LogP) is 2.40. The van der Waals surface area contributed by atoms with Gasteiger partial charge in [-0.05, 0) is 37.5 Å². The SMILES string of the molecule is Cc1ccc(C#CCO)c(NC(=O)NC2CCCC2)c1. The monoisotopic (exact) mass is 272 g/mol. The third-order valence-electron chi connectivity index (χ3n) is 3.42. The second-order valence-corrected chi connectivity index (χ2v) is 5.09. The number of nitrogens with one attached hydrogen (secondary N) is 2. The van der Waals surface area contributed by atoms with Gasteiger partial charge in [-0.2, -0.15) is 0 Å². The molecular weight excluding hydrogens is 252 g/mol. The number of urea groups is 1. The lowest BCUT2D eigenvalue weighted by Gasteiger charge is -2.14. The average molecular weight is 272 g/mol. The van der Waals surface area contributed by atoms with E-state index in [2.05, 4.69) is 22.5 Å². The number of carbonyl (C=O) groups is 1. The quantitative estimate of drug-likeness (QED) is 0.724. The van der Waals surface area contributed by atoms with Crippen LogP contribution in [0.4, 0.5) is 10.5 Å². The Hall–Kier alpha value is -1.99. The van der Waals surface area contributed by atoms with Gasteiger partial charge in [0.25, 0.3) is 0 Å². The van der Waals surface area contributed by atoms with E-state index in [0.29, 0.717) is 11.3 Å². The number of hydrogen-bond acceptors (Lipinski definition) is 2. The first-order valence-electron chi connectivity index (χ1n) is 6.97. The Bertz CT molecular complexity index is 537. The third-order valence-corrected chi connectivity index (χ3v) is 3.42. The number of aliphatic hydroxyl groups excluding tert-OH is 1. The van der Waals surface area contributed by atoms with Crippen LogP contribution in [0.15, 0.2) is 18.2 Å². The van der Waals surface area contributed by atoms with E-state index in [4.69, 9.17) is 5.11 Å². The van der Waals surface area contributed by atoms with Gasteiger partial charge >= 0.3 is 6.03 Å². The Labute approximate surface area is 119 Å². The zero-order valence-corrected chi connectivity index (χ0v) is 11.7. The van der Waals surface area contributed by atoms with Crippen molar-refractivity contribution in [3.8, 4) is 11.8 Å². The molecule has 1 aromatic rings. The Morgan fingerprint density at radius 3 is 2.85 bits per heavy atom. The number of anilines is 1. The van der Waals surface area contributed by atoms with Crippen LogP contribution >= 0.6 is 0 Å². The summed E-state index contributed by atoms with van der Waals surface area (Å²) < 4.78 is 0. The van der Waals surface area contributed by atoms with Gasteiger partial charge in [-0.1, -0.05) is 30.7 Å². The summed E-state index contributed by atoms with van der Waals surface area (Å²) in [5, 5.41) is 14.6. The molecule has 4 nitrogen and oxygen atoms in total. The highest BCUT2D eigenvalue weighted by Gasteiger charge is 2.17. The standard InChI is InChI=1S/C16H20N2O2/c1-12-8-9-13(5-4-10-19)15(11-12)18-16(20)17-14-6-2-3-7-14/h8-9,11,14,19H,2-3,6-7,10H2,1H3,(H2,17,18,20). The summed E-state index contributed by atoms with van der Waals surface area (Å²) in [6.07, 6.45) is 4.47. The van der Waals surface area contributed by atoms with Crippen LogP contribution in [-0.2, 0) is 0 Å². The molecule has 3 N–H and O–H groups in total. The molecule has 0 unspecified atom stereocenters. The average Bonchev–Trinajstić information content (AvgIpc) is 2.90. The van der Waals surface area contributed by atoms with Crippen molar-refractivity contribution >= 4 is 11.7 Å². The zero-order chi connectivity index (χ0) is 14.4. The fraction of sp³-hybridized carbons (Fsp3) is 0.438. The maximum atomic E-state index is 12.0. The Kier molecular flexibility index (Phi) is 5.03. The summed E-state index contributed by atoms with van der Waals surface area (Å²) in [6, 6.07) is 5.77. The lowest BCUT2D eigenvalue weighted by atomic mass is 10.1. The molecule has 0 aromatic heterocycles. The molecule has 1 aliphatic rings. The molecule has 4 heteroatoms. The molecule has 1 aromatic carbocycles. The van der Waals surface area contributed by atoms with Crippen molar-refractivity contribution in [3.05, 3.63) is 29.3 Å². The molecular formula is C16H20N2O2. The molecule has 0 atom stereocenters. The van der Waals surface area contributed by atoms with Crippen molar-refractivity contribution in [1.29, 1.82) is 0 Å². The summed E-state index contributed by atoms with van der Waals surface area (Å²) in [5.74, 6) is 5.45. The van der Waals surface area contributed by atoms with E-state index < -0.39 is 0 Å². The first kappa shape index (κ1) is 14.4. The number of hydrogen-bond donors (Lipinski definition) is 3. The van der Waals surface area contributed by atoms with Gasteiger partial charge in [0.15, 0.2) is 0 Å². The highest BCUT2D eigenvalue weighted by Crippen LogP contribution is 2.19. The largest absolute Gasteiger partial charge is 0.384 e. The van der Waals surface area contributed by atoms with Crippen molar-refractivity contribution in [3.63, 3.8) is 0 Å². The van der Waals surface area contributed by atoms with Gasteiger partial charge in [0.05, 0.1) is 5.69 Å². The second kappa shape index (κ2) is 6.97. The number of benzene rings is 1. The van der Waals surface area contributed by atoms with Gasteiger partial charge in [0.2, 0.25) is 0 Å². The molecule has 0 aliphatic heterocycles. The van der Waals surface area contributed by atoms with E-state index in [1.807, 2.05) is 25.1 Å². The molecule has 0 saturated heterocycles. The second-order valence-electron chi connectivity index (χ2n) is 5.09. The first-order chi connectivity index (χ1) is 9.69. The minimum absolute atomic E-state index is 0.186. The van der Waals surface area contributed by atoms with Crippen LogP contribution in [0.3, 0.4) is 0 Å². The summed E-state index contributed by atoms with van der Waals surface area (Å²) in [7, 11) is 0. The van der Waals surface area contributed by atoms with Crippen LogP contribution in [0.25, 0.3) is 0 Å². The van der Waals surface area contributed by atoms with Crippen LogP contribution < -0.4 is 10.6 Å². The smallest absolute Gasteiger partial charge is 0.319 e. The Balaban J connectivity index is 2.06. The van der Waals surface area contributed by atoms with Gasteiger partial charge in [-0.25, -0.2) is 4.79 Å². The highest BCUT2D eigenvalue weighted by atomic mass is 16.2. The Morgan fingerprint density at radius 1 is 1.40 bits per heavy atom. The molecule has 20 heavy (non-hydrogen) atoms. The maximum absolute atomic E-state index is 12.0. The summed E-state index contributed by atoms with van der Waals surface area (Å²) >= 11 is 0. The molecule has 2 amide bonds. The lowest BCUT2D eigenvalue weighted by Crippen LogP contribution is -2.36. The van der Waals surface area contributed by atoms with Gasteiger partial charge in [-0.15, -0.1) is 0 Å². The number of aliphatic hydroxyl groups is 1. The van der Waals surface area contributed by atoms with E-state index in [-0.39, 0.29) is 18.7 Å². The number of rotatable bonds is 2. The highest BCUT2D eigenvalue weighted by molar-refractivity contribution is 5.91. The number of carbonyl (C=O) groups excluding carboxylic acids is 1. The van der Waals surface area contributed by atoms with Crippen molar-refractivity contribution in [2.24, 2.45) is 0 Å². The van der Waals surface area contributed by atoms with Crippen LogP contribution in [0.5, 0.6) is 0 Å². The van der Waals surface area contributed by atoms with E-state index in [9.17, 15) is 4.79 Å². The van der Waals surface area contributed by atoms with E-state index in [1.165, 1.54) is 12.8 Å². The van der Waals surface area contributed by atoms with E-state index >= 15 is 0 Å². The normalized spacial score (nSPS) is 14.5. The van der Waals surface area contributed by atoms with Crippen LogP contribution in [0, 0.1) is 18.8 Å². The van der Waals surface area contributed by atoms with E-state index in [0.717, 1.165) is 18.4 Å². The predicted molar refractivity (Wildman–Crippen MR) is 79.6 cm³/mol. The molecule has 1 saturated carbocycles. The number of amides is 2. The molecule has 2 rings (SSSR count). The molecule has 0 radical (unpaired) electrons. The molecule has 106 valence electrons. The van der Waals surface area contributed by atoms with Crippen molar-refractivity contribution < 1.29 is 9.90 Å². The van der Waals surface area contributed by atoms with Crippen molar-refractivity contribution in [2.45, 2.75) is 38.6 Å². The van der Waals surface area contributed by atoms with Gasteiger partial charge in [0, 0.05) is 11.6 Å². The summed E-state index contributed by atoms with van der Waals surface area (Å²) in [5.41, 5.74) is 2.45. The molecule has 1 aliphatic carbocycles. The minimum atomic E-state index is -0.193. The Morgan fingerprint density at radius 2 is 2.15 bits per heavy atom. The van der Waals surface area contributed by atoms with Gasteiger partial charge in [0.1, 0.15) is 6.61 Å². The van der Waals surface area contributed by atoms with Crippen molar-refractivity contribution in [1.82, 2.24) is 5.32 Å². The third kappa shape index (κ3) is 4.01. The van der Waals surface area contributed by atoms with Crippen LogP contribution in [0.1, 0.15) is 36.8 Å². The maximum Gasteiger partial charge on any atom is 0.319 e.